The summed E-state index contributed by atoms with van der Waals surface area (Å²) in [5.41, 5.74) is 5.81. The third-order valence-electron chi connectivity index (χ3n) is 2.68. The first-order valence-corrected chi connectivity index (χ1v) is 7.86. The number of rotatable bonds is 8. The molecule has 2 N–H and O–H groups in total. The van der Waals surface area contributed by atoms with Crippen molar-refractivity contribution in [2.24, 2.45) is 5.73 Å². The number of primary amides is 1. The van der Waals surface area contributed by atoms with Crippen molar-refractivity contribution in [1.82, 2.24) is 4.31 Å². The van der Waals surface area contributed by atoms with Crippen LogP contribution >= 0.6 is 0 Å². The van der Waals surface area contributed by atoms with Crippen molar-refractivity contribution >= 4 is 15.9 Å². The highest BCUT2D eigenvalue weighted by atomic mass is 32.2. The minimum Gasteiger partial charge on any atom is -0.369 e. The van der Waals surface area contributed by atoms with Gasteiger partial charge in [0.15, 0.2) is 0 Å². The molecule has 0 radical (unpaired) electrons. The van der Waals surface area contributed by atoms with Gasteiger partial charge >= 0.3 is 0 Å². The Hall–Kier alpha value is -1.40. The highest BCUT2D eigenvalue weighted by Gasteiger charge is 2.23. The molecule has 6 heteroatoms. The van der Waals surface area contributed by atoms with Crippen molar-refractivity contribution in [3.63, 3.8) is 0 Å². The average Bonchev–Trinajstić information content (AvgIpc) is 2.34. The second-order valence-corrected chi connectivity index (χ2v) is 6.36. The van der Waals surface area contributed by atoms with Gasteiger partial charge in [-0.1, -0.05) is 43.7 Å². The molecular formula is C13H20N2O3S. The lowest BCUT2D eigenvalue weighted by molar-refractivity contribution is -0.118. The quantitative estimate of drug-likeness (QED) is 0.776. The number of nitrogens with two attached hydrogens (primary N) is 1. The normalized spacial score (nSPS) is 11.7. The Bertz CT molecular complexity index is 500. The second kappa shape index (κ2) is 7.25. The molecule has 0 atom stereocenters. The Kier molecular flexibility index (Phi) is 5.98. The molecule has 0 heterocycles. The van der Waals surface area contributed by atoms with Gasteiger partial charge in [0, 0.05) is 6.54 Å². The lowest BCUT2D eigenvalue weighted by Gasteiger charge is -2.20. The first-order valence-electron chi connectivity index (χ1n) is 6.25. The van der Waals surface area contributed by atoms with Crippen molar-refractivity contribution in [3.8, 4) is 0 Å². The highest BCUT2D eigenvalue weighted by Crippen LogP contribution is 2.11. The number of hydrogen-bond donors (Lipinski definition) is 1. The molecule has 0 aromatic heterocycles. The van der Waals surface area contributed by atoms with Crippen LogP contribution in [0.4, 0.5) is 0 Å². The van der Waals surface area contributed by atoms with E-state index < -0.39 is 15.9 Å². The van der Waals surface area contributed by atoms with Gasteiger partial charge in [-0.25, -0.2) is 8.42 Å². The zero-order valence-corrected chi connectivity index (χ0v) is 11.9. The van der Waals surface area contributed by atoms with Gasteiger partial charge < -0.3 is 5.73 Å². The van der Waals surface area contributed by atoms with E-state index in [9.17, 15) is 13.2 Å². The summed E-state index contributed by atoms with van der Waals surface area (Å²) in [7, 11) is -3.51. The molecule has 0 aliphatic heterocycles. The molecule has 0 saturated carbocycles. The summed E-state index contributed by atoms with van der Waals surface area (Å²) in [6.07, 6.45) is 1.57. The molecule has 106 valence electrons. The zero-order valence-electron chi connectivity index (χ0n) is 11.1. The molecule has 1 aromatic carbocycles. The minimum absolute atomic E-state index is 0.106. The summed E-state index contributed by atoms with van der Waals surface area (Å²) in [6.45, 7) is 2.04. The molecule has 0 aliphatic rings. The predicted octanol–water partition coefficient (Wildman–Crippen LogP) is 1.10. The number of carbonyl (C=O) groups excluding carboxylic acids is 1. The Labute approximate surface area is 114 Å². The summed E-state index contributed by atoms with van der Waals surface area (Å²) in [5.74, 6) is -0.738. The number of hydrogen-bond acceptors (Lipinski definition) is 3. The topological polar surface area (TPSA) is 80.5 Å². The standard InChI is InChI=1S/C13H20N2O3S/c1-2-3-9-15(10-13(14)16)19(17,18)11-12-7-5-4-6-8-12/h4-8H,2-3,9-11H2,1H3,(H2,14,16). The largest absolute Gasteiger partial charge is 0.369 e. The summed E-state index contributed by atoms with van der Waals surface area (Å²) in [6, 6.07) is 8.90. The molecule has 5 nitrogen and oxygen atoms in total. The number of unbranched alkanes of at least 4 members (excludes halogenated alkanes) is 1. The van der Waals surface area contributed by atoms with Crippen molar-refractivity contribution < 1.29 is 13.2 Å². The van der Waals surface area contributed by atoms with Gasteiger partial charge in [0.2, 0.25) is 15.9 Å². The lowest BCUT2D eigenvalue weighted by Crippen LogP contribution is -2.39. The van der Waals surface area contributed by atoms with Gasteiger partial charge in [-0.05, 0) is 12.0 Å². The highest BCUT2D eigenvalue weighted by molar-refractivity contribution is 7.88. The Morgan fingerprint density at radius 3 is 2.42 bits per heavy atom. The molecule has 1 amide bonds. The number of amides is 1. The van der Waals surface area contributed by atoms with E-state index in [-0.39, 0.29) is 12.3 Å². The Morgan fingerprint density at radius 2 is 1.89 bits per heavy atom. The van der Waals surface area contributed by atoms with Crippen LogP contribution in [-0.4, -0.2) is 31.7 Å². The fraction of sp³-hybridized carbons (Fsp3) is 0.462. The molecule has 0 bridgehead atoms. The van der Waals surface area contributed by atoms with E-state index >= 15 is 0 Å². The van der Waals surface area contributed by atoms with Crippen LogP contribution in [0.25, 0.3) is 0 Å². The third kappa shape index (κ3) is 5.40. The summed E-state index contributed by atoms with van der Waals surface area (Å²) >= 11 is 0. The number of carbonyl (C=O) groups is 1. The van der Waals surface area contributed by atoms with E-state index in [2.05, 4.69) is 0 Å². The van der Waals surface area contributed by atoms with Crippen LogP contribution < -0.4 is 5.73 Å². The van der Waals surface area contributed by atoms with E-state index in [4.69, 9.17) is 5.73 Å². The van der Waals surface area contributed by atoms with Crippen LogP contribution in [0.5, 0.6) is 0 Å². The molecule has 0 saturated heterocycles. The van der Waals surface area contributed by atoms with Crippen LogP contribution in [0.3, 0.4) is 0 Å². The molecule has 0 aliphatic carbocycles. The number of sulfonamides is 1. The van der Waals surface area contributed by atoms with E-state index in [1.165, 1.54) is 4.31 Å². The van der Waals surface area contributed by atoms with E-state index in [1.807, 2.05) is 13.0 Å². The lowest BCUT2D eigenvalue weighted by atomic mass is 10.2. The molecule has 0 spiro atoms. The van der Waals surface area contributed by atoms with E-state index in [1.54, 1.807) is 24.3 Å². The van der Waals surface area contributed by atoms with Crippen molar-refractivity contribution in [3.05, 3.63) is 35.9 Å². The van der Waals surface area contributed by atoms with Gasteiger partial charge in [-0.15, -0.1) is 0 Å². The SMILES string of the molecule is CCCCN(CC(N)=O)S(=O)(=O)Cc1ccccc1. The van der Waals surface area contributed by atoms with Crippen molar-refractivity contribution in [2.45, 2.75) is 25.5 Å². The maximum atomic E-state index is 12.3. The second-order valence-electron chi connectivity index (χ2n) is 4.40. The maximum Gasteiger partial charge on any atom is 0.232 e. The Morgan fingerprint density at radius 1 is 1.26 bits per heavy atom. The Balaban J connectivity index is 2.83. The third-order valence-corrected chi connectivity index (χ3v) is 4.48. The summed E-state index contributed by atoms with van der Waals surface area (Å²) < 4.78 is 25.7. The fourth-order valence-electron chi connectivity index (χ4n) is 1.70. The first-order chi connectivity index (χ1) is 8.95. The monoisotopic (exact) mass is 284 g/mol. The summed E-state index contributed by atoms with van der Waals surface area (Å²) in [4.78, 5) is 11.0. The first kappa shape index (κ1) is 15.7. The van der Waals surface area contributed by atoms with Crippen molar-refractivity contribution in [1.29, 1.82) is 0 Å². The average molecular weight is 284 g/mol. The molecular weight excluding hydrogens is 264 g/mol. The van der Waals surface area contributed by atoms with Crippen molar-refractivity contribution in [2.75, 3.05) is 13.1 Å². The van der Waals surface area contributed by atoms with E-state index in [0.717, 1.165) is 6.42 Å². The molecule has 1 aromatic rings. The van der Waals surface area contributed by atoms with Gasteiger partial charge in [0.1, 0.15) is 0 Å². The van der Waals surface area contributed by atoms with Gasteiger partial charge in [-0.2, -0.15) is 4.31 Å². The fourth-order valence-corrected chi connectivity index (χ4v) is 3.23. The van der Waals surface area contributed by atoms with Gasteiger partial charge in [0.05, 0.1) is 12.3 Å². The van der Waals surface area contributed by atoms with Crippen LogP contribution in [0.1, 0.15) is 25.3 Å². The molecule has 0 unspecified atom stereocenters. The van der Waals surface area contributed by atoms with Crippen LogP contribution in [-0.2, 0) is 20.6 Å². The van der Waals surface area contributed by atoms with E-state index in [0.29, 0.717) is 18.5 Å². The molecule has 19 heavy (non-hydrogen) atoms. The smallest absolute Gasteiger partial charge is 0.232 e. The van der Waals surface area contributed by atoms with Crippen LogP contribution in [0, 0.1) is 0 Å². The summed E-state index contributed by atoms with van der Waals surface area (Å²) in [5, 5.41) is 0. The zero-order chi connectivity index (χ0) is 14.3. The van der Waals surface area contributed by atoms with Crippen LogP contribution in [0.2, 0.25) is 0 Å². The predicted molar refractivity (Wildman–Crippen MR) is 74.7 cm³/mol. The van der Waals surface area contributed by atoms with Crippen LogP contribution in [0.15, 0.2) is 30.3 Å². The number of nitrogens with zero attached hydrogens (tertiary/aromatic N) is 1. The maximum absolute atomic E-state index is 12.3. The molecule has 1 rings (SSSR count). The minimum atomic E-state index is -3.51. The number of benzene rings is 1. The van der Waals surface area contributed by atoms with Gasteiger partial charge in [-0.3, -0.25) is 4.79 Å². The van der Waals surface area contributed by atoms with Gasteiger partial charge in [0.25, 0.3) is 0 Å². The molecule has 0 fully saturated rings.